The predicted molar refractivity (Wildman–Crippen MR) is 45.2 cm³/mol. The molecule has 0 saturated carbocycles. The molecule has 0 aromatic rings. The monoisotopic (exact) mass is 234 g/mol. The Balaban J connectivity index is -0.0000000675. The van der Waals surface area contributed by atoms with E-state index < -0.39 is 18.0 Å². The maximum atomic E-state index is 9.86. The standard InChI is InChI=1S/C5H9NO4.ClH.3H3N/c6-3(5(9)10)1-2-4(7)8;;;;/h3H,1-2,6H2,(H,7,8)(H,9,10);1H;3*1H3/t3-;;;;/m0..../s1. The number of hydrogen-bond acceptors (Lipinski definition) is 5. The zero-order valence-corrected chi connectivity index (χ0v) is 9.34. The van der Waals surface area contributed by atoms with E-state index in [2.05, 4.69) is 0 Å². The van der Waals surface area contributed by atoms with E-state index in [0.717, 1.165) is 0 Å². The first-order valence-electron chi connectivity index (χ1n) is 2.70. The highest BCUT2D eigenvalue weighted by Crippen LogP contribution is 1.90. The lowest BCUT2D eigenvalue weighted by Crippen LogP contribution is -3.00. The highest BCUT2D eigenvalue weighted by atomic mass is 35.5. The van der Waals surface area contributed by atoms with Gasteiger partial charge < -0.3 is 56.4 Å². The van der Waals surface area contributed by atoms with Gasteiger partial charge in [-0.15, -0.1) is 0 Å². The summed E-state index contributed by atoms with van der Waals surface area (Å²) < 4.78 is 0. The molecule has 0 aliphatic heterocycles. The van der Waals surface area contributed by atoms with Crippen molar-refractivity contribution in [3.63, 3.8) is 0 Å². The van der Waals surface area contributed by atoms with E-state index in [9.17, 15) is 19.8 Å². The highest BCUT2D eigenvalue weighted by Gasteiger charge is 2.01. The van der Waals surface area contributed by atoms with Gasteiger partial charge in [0.25, 0.3) is 0 Å². The van der Waals surface area contributed by atoms with Crippen molar-refractivity contribution in [1.82, 2.24) is 18.5 Å². The molecular formula is C5H19ClN4O4. The lowest BCUT2D eigenvalue weighted by Gasteiger charge is -2.11. The first-order valence-corrected chi connectivity index (χ1v) is 2.70. The van der Waals surface area contributed by atoms with Crippen LogP contribution >= 0.6 is 0 Å². The van der Waals surface area contributed by atoms with E-state index in [1.165, 1.54) is 0 Å². The lowest BCUT2D eigenvalue weighted by molar-refractivity contribution is -0.309. The summed E-state index contributed by atoms with van der Waals surface area (Å²) in [5.74, 6) is -2.75. The molecule has 0 aromatic heterocycles. The minimum Gasteiger partial charge on any atom is -1.00 e. The van der Waals surface area contributed by atoms with Crippen molar-refractivity contribution in [3.8, 4) is 0 Å². The summed E-state index contributed by atoms with van der Waals surface area (Å²) in [5.41, 5.74) is 4.91. The third kappa shape index (κ3) is 17.2. The number of carbonyl (C=O) groups excluding carboxylic acids is 2. The number of rotatable bonds is 4. The van der Waals surface area contributed by atoms with E-state index >= 15 is 0 Å². The number of aliphatic carboxylic acids is 2. The van der Waals surface area contributed by atoms with Crippen LogP contribution in [0.2, 0.25) is 0 Å². The Morgan fingerprint density at radius 1 is 1.14 bits per heavy atom. The van der Waals surface area contributed by atoms with E-state index in [0.29, 0.717) is 0 Å². The van der Waals surface area contributed by atoms with E-state index in [-0.39, 0.29) is 43.7 Å². The number of quaternary nitrogens is 3. The highest BCUT2D eigenvalue weighted by molar-refractivity contribution is 5.72. The molecule has 14 N–H and O–H groups in total. The molecule has 8 nitrogen and oxygen atoms in total. The normalized spacial score (nSPS) is 8.93. The molecule has 0 aromatic carbocycles. The Bertz CT molecular complexity index is 157. The van der Waals surface area contributed by atoms with E-state index in [1.807, 2.05) is 0 Å². The number of nitrogens with two attached hydrogens (primary N) is 1. The molecular weight excluding hydrogens is 216 g/mol. The van der Waals surface area contributed by atoms with Crippen molar-refractivity contribution in [2.75, 3.05) is 0 Å². The molecule has 0 aliphatic rings. The van der Waals surface area contributed by atoms with Gasteiger partial charge in [0.1, 0.15) is 0 Å². The topological polar surface area (TPSA) is 216 Å². The zero-order valence-electron chi connectivity index (χ0n) is 8.58. The summed E-state index contributed by atoms with van der Waals surface area (Å²) in [6.45, 7) is 0. The Labute approximate surface area is 88.0 Å². The second-order valence-electron chi connectivity index (χ2n) is 1.84. The van der Waals surface area contributed by atoms with Crippen LogP contribution in [0.4, 0.5) is 0 Å². The summed E-state index contributed by atoms with van der Waals surface area (Å²) in [4.78, 5) is 19.6. The Morgan fingerprint density at radius 3 is 1.71 bits per heavy atom. The van der Waals surface area contributed by atoms with Gasteiger partial charge in [0.2, 0.25) is 0 Å². The van der Waals surface area contributed by atoms with E-state index in [1.54, 1.807) is 0 Å². The van der Waals surface area contributed by atoms with Crippen LogP contribution in [0.15, 0.2) is 0 Å². The van der Waals surface area contributed by atoms with Crippen molar-refractivity contribution in [1.29, 1.82) is 0 Å². The van der Waals surface area contributed by atoms with Gasteiger partial charge in [-0.1, -0.05) is 0 Å². The number of carbonyl (C=O) groups is 2. The Morgan fingerprint density at radius 2 is 1.50 bits per heavy atom. The molecule has 0 radical (unpaired) electrons. The van der Waals surface area contributed by atoms with Gasteiger partial charge in [-0.25, -0.2) is 0 Å². The van der Waals surface area contributed by atoms with Gasteiger partial charge in [0.05, 0.1) is 5.97 Å². The van der Waals surface area contributed by atoms with Crippen molar-refractivity contribution in [3.05, 3.63) is 0 Å². The van der Waals surface area contributed by atoms with Gasteiger partial charge >= 0.3 is 0 Å². The van der Waals surface area contributed by atoms with Crippen LogP contribution in [0.1, 0.15) is 12.8 Å². The lowest BCUT2D eigenvalue weighted by atomic mass is 10.2. The molecule has 0 bridgehead atoms. The summed E-state index contributed by atoms with van der Waals surface area (Å²) >= 11 is 0. The third-order valence-electron chi connectivity index (χ3n) is 0.962. The number of carboxylic acid groups (broad SMARTS) is 2. The van der Waals surface area contributed by atoms with E-state index in [4.69, 9.17) is 5.73 Å². The van der Waals surface area contributed by atoms with Gasteiger partial charge in [-0.3, -0.25) is 0 Å². The van der Waals surface area contributed by atoms with Crippen molar-refractivity contribution >= 4 is 11.9 Å². The first-order chi connectivity index (χ1) is 4.54. The van der Waals surface area contributed by atoms with Gasteiger partial charge in [-0.2, -0.15) is 0 Å². The largest absolute Gasteiger partial charge is 1.00 e. The summed E-state index contributed by atoms with van der Waals surface area (Å²) in [6.07, 6.45) is -0.500. The molecule has 1 atom stereocenters. The van der Waals surface area contributed by atoms with Crippen LogP contribution in [0.3, 0.4) is 0 Å². The second kappa shape index (κ2) is 14.6. The van der Waals surface area contributed by atoms with Crippen LogP contribution in [-0.2, 0) is 9.59 Å². The molecule has 0 aliphatic carbocycles. The molecule has 14 heavy (non-hydrogen) atoms. The van der Waals surface area contributed by atoms with Gasteiger partial charge in [-0.05, 0) is 12.8 Å². The van der Waals surface area contributed by atoms with Crippen LogP contribution in [0.25, 0.3) is 0 Å². The zero-order chi connectivity index (χ0) is 8.15. The summed E-state index contributed by atoms with van der Waals surface area (Å²) in [7, 11) is 0. The summed E-state index contributed by atoms with van der Waals surface area (Å²) in [5, 5.41) is 19.6. The average molecular weight is 235 g/mol. The molecule has 0 fully saturated rings. The predicted octanol–water partition coefficient (Wildman–Crippen LogP) is -5.27. The number of halogens is 1. The molecule has 9 heteroatoms. The molecule has 0 spiro atoms. The average Bonchev–Trinajstić information content (AvgIpc) is 1.82. The van der Waals surface area contributed by atoms with Crippen LogP contribution in [0, 0.1) is 0 Å². The maximum absolute atomic E-state index is 9.86. The summed E-state index contributed by atoms with van der Waals surface area (Å²) in [6, 6.07) is -1.21. The van der Waals surface area contributed by atoms with Crippen LogP contribution in [-0.4, -0.2) is 18.0 Å². The number of hydrogen-bond donors (Lipinski definition) is 4. The molecule has 90 valence electrons. The third-order valence-corrected chi connectivity index (χ3v) is 0.962. The van der Waals surface area contributed by atoms with Crippen molar-refractivity contribution in [2.45, 2.75) is 18.9 Å². The SMILES string of the molecule is N[C@@H](CCC(=O)[O-])C(=O)[O-].[Cl-].[NH4+].[NH4+].[NH4+]. The fraction of sp³-hybridized carbons (Fsp3) is 0.600. The van der Waals surface area contributed by atoms with Gasteiger partial charge in [0.15, 0.2) is 0 Å². The van der Waals surface area contributed by atoms with Crippen LogP contribution < -0.4 is 46.8 Å². The molecule has 0 amide bonds. The van der Waals surface area contributed by atoms with Crippen LogP contribution in [0.5, 0.6) is 0 Å². The minimum atomic E-state index is -1.44. The van der Waals surface area contributed by atoms with Gasteiger partial charge in [0, 0.05) is 12.0 Å². The fourth-order valence-corrected chi connectivity index (χ4v) is 0.391. The molecule has 0 unspecified atom stereocenters. The Kier molecular flexibility index (Phi) is 30.5. The second-order valence-corrected chi connectivity index (χ2v) is 1.84. The fourth-order valence-electron chi connectivity index (χ4n) is 0.391. The molecule has 0 saturated heterocycles. The van der Waals surface area contributed by atoms with Crippen molar-refractivity contribution in [2.24, 2.45) is 5.73 Å². The first kappa shape index (κ1) is 29.2. The Hall–Kier alpha value is -0.930. The van der Waals surface area contributed by atoms with Crippen molar-refractivity contribution < 1.29 is 32.2 Å². The smallest absolute Gasteiger partial charge is 0.0582 e. The quantitative estimate of drug-likeness (QED) is 0.373. The maximum Gasteiger partial charge on any atom is 0.0582 e. The molecule has 0 heterocycles. The number of carboxylic acids is 2. The minimum absolute atomic E-state index is 0. The molecule has 0 rings (SSSR count).